The van der Waals surface area contributed by atoms with Crippen molar-refractivity contribution < 1.29 is 9.47 Å². The van der Waals surface area contributed by atoms with Gasteiger partial charge in [0.25, 0.3) is 0 Å². The Morgan fingerprint density at radius 1 is 0.973 bits per heavy atom. The SMILES string of the molecule is COc1cc2c(N3CCN(C(=S)NCc4cnccn4)CC3)ncnc2cc1OCCN1CCCCC1. The van der Waals surface area contributed by atoms with Crippen molar-refractivity contribution in [1.29, 1.82) is 0 Å². The second kappa shape index (κ2) is 12.3. The lowest BCUT2D eigenvalue weighted by molar-refractivity contribution is 0.181. The first kappa shape index (κ1) is 25.3. The number of piperidine rings is 1. The molecule has 2 saturated heterocycles. The Morgan fingerprint density at radius 3 is 2.57 bits per heavy atom. The number of anilines is 1. The van der Waals surface area contributed by atoms with Gasteiger partial charge in [-0.1, -0.05) is 6.42 Å². The molecule has 0 saturated carbocycles. The summed E-state index contributed by atoms with van der Waals surface area (Å²) in [5, 5.41) is 4.97. The molecule has 0 atom stereocenters. The summed E-state index contributed by atoms with van der Waals surface area (Å²) in [6.07, 6.45) is 10.6. The van der Waals surface area contributed by atoms with Crippen LogP contribution in [0.1, 0.15) is 25.0 Å². The minimum atomic E-state index is 0.561. The van der Waals surface area contributed by atoms with Gasteiger partial charge in [-0.3, -0.25) is 14.9 Å². The number of rotatable bonds is 8. The van der Waals surface area contributed by atoms with Crippen molar-refractivity contribution in [2.24, 2.45) is 0 Å². The fourth-order valence-corrected chi connectivity index (χ4v) is 5.12. The fourth-order valence-electron chi connectivity index (χ4n) is 4.86. The van der Waals surface area contributed by atoms with Crippen LogP contribution in [0, 0.1) is 0 Å². The van der Waals surface area contributed by atoms with E-state index in [1.165, 1.54) is 19.3 Å². The number of ether oxygens (including phenoxy) is 2. The number of thiocarbonyl (C=S) groups is 1. The van der Waals surface area contributed by atoms with Crippen LogP contribution in [0.3, 0.4) is 0 Å². The molecular weight excluding hydrogens is 488 g/mol. The van der Waals surface area contributed by atoms with Gasteiger partial charge < -0.3 is 24.6 Å². The molecule has 0 amide bonds. The predicted octanol–water partition coefficient (Wildman–Crippen LogP) is 2.49. The highest BCUT2D eigenvalue weighted by Gasteiger charge is 2.22. The van der Waals surface area contributed by atoms with E-state index in [0.29, 0.717) is 18.9 Å². The number of hydrogen-bond donors (Lipinski definition) is 1. The molecule has 2 aliphatic rings. The van der Waals surface area contributed by atoms with Crippen LogP contribution in [0.25, 0.3) is 10.9 Å². The van der Waals surface area contributed by atoms with E-state index in [9.17, 15) is 0 Å². The Hall–Kier alpha value is -3.31. The molecule has 2 fully saturated rings. The molecule has 0 aliphatic carbocycles. The first-order valence-electron chi connectivity index (χ1n) is 12.9. The maximum atomic E-state index is 6.14. The largest absolute Gasteiger partial charge is 0.493 e. The van der Waals surface area contributed by atoms with E-state index in [1.54, 1.807) is 32.0 Å². The summed E-state index contributed by atoms with van der Waals surface area (Å²) in [6.45, 7) is 7.63. The molecule has 0 unspecified atom stereocenters. The number of aromatic nitrogens is 4. The first-order chi connectivity index (χ1) is 18.2. The van der Waals surface area contributed by atoms with E-state index < -0.39 is 0 Å². The molecule has 0 spiro atoms. The van der Waals surface area contributed by atoms with Gasteiger partial charge in [-0.05, 0) is 44.2 Å². The highest BCUT2D eigenvalue weighted by molar-refractivity contribution is 7.80. The van der Waals surface area contributed by atoms with Gasteiger partial charge in [0.1, 0.15) is 18.8 Å². The topological polar surface area (TPSA) is 91.8 Å². The number of fused-ring (bicyclic) bond motifs is 1. The lowest BCUT2D eigenvalue weighted by atomic mass is 10.1. The van der Waals surface area contributed by atoms with Gasteiger partial charge >= 0.3 is 0 Å². The number of benzene rings is 1. The zero-order valence-electron chi connectivity index (χ0n) is 21.3. The maximum absolute atomic E-state index is 6.14. The molecule has 3 aromatic rings. The molecule has 37 heavy (non-hydrogen) atoms. The van der Waals surface area contributed by atoms with Gasteiger partial charge in [-0.15, -0.1) is 0 Å². The Kier molecular flexibility index (Phi) is 8.42. The van der Waals surface area contributed by atoms with E-state index >= 15 is 0 Å². The predicted molar refractivity (Wildman–Crippen MR) is 147 cm³/mol. The minimum absolute atomic E-state index is 0.561. The molecule has 10 nitrogen and oxygen atoms in total. The quantitative estimate of drug-likeness (QED) is 0.443. The van der Waals surface area contributed by atoms with E-state index in [2.05, 4.69) is 40.0 Å². The van der Waals surface area contributed by atoms with Crippen LogP contribution in [-0.4, -0.2) is 94.4 Å². The monoisotopic (exact) mass is 522 g/mol. The summed E-state index contributed by atoms with van der Waals surface area (Å²) >= 11 is 5.62. The number of nitrogens with one attached hydrogen (secondary N) is 1. The van der Waals surface area contributed by atoms with E-state index in [0.717, 1.165) is 79.1 Å². The molecule has 4 heterocycles. The van der Waals surface area contributed by atoms with Gasteiger partial charge in [0.2, 0.25) is 0 Å². The van der Waals surface area contributed by atoms with Crippen LogP contribution in [0.15, 0.2) is 37.1 Å². The third kappa shape index (κ3) is 6.34. The standard InChI is InChI=1S/C26H34N8O2S/c1-35-23-15-21-22(16-24(23)36-14-13-32-7-3-2-4-8-32)30-19-31-25(21)33-9-11-34(12-10-33)26(37)29-18-20-17-27-5-6-28-20/h5-6,15-17,19H,2-4,7-14,18H2,1H3,(H,29,37). The van der Waals surface area contributed by atoms with Crippen molar-refractivity contribution >= 4 is 34.1 Å². The lowest BCUT2D eigenvalue weighted by Gasteiger charge is -2.37. The Morgan fingerprint density at radius 2 is 1.81 bits per heavy atom. The summed E-state index contributed by atoms with van der Waals surface area (Å²) in [5.41, 5.74) is 1.71. The summed E-state index contributed by atoms with van der Waals surface area (Å²) in [6, 6.07) is 3.97. The highest BCUT2D eigenvalue weighted by Crippen LogP contribution is 2.35. The number of piperazine rings is 1. The fraction of sp³-hybridized carbons (Fsp3) is 0.500. The van der Waals surface area contributed by atoms with E-state index in [1.807, 2.05) is 12.1 Å². The Balaban J connectivity index is 1.21. The third-order valence-electron chi connectivity index (χ3n) is 6.92. The Bertz CT molecular complexity index is 1180. The van der Waals surface area contributed by atoms with Crippen LogP contribution < -0.4 is 19.7 Å². The zero-order chi connectivity index (χ0) is 25.5. The molecule has 196 valence electrons. The maximum Gasteiger partial charge on any atom is 0.169 e. The van der Waals surface area contributed by atoms with Gasteiger partial charge in [-0.2, -0.15) is 0 Å². The summed E-state index contributed by atoms with van der Waals surface area (Å²) in [4.78, 5) is 24.5. The van der Waals surface area contributed by atoms with Crippen molar-refractivity contribution in [3.8, 4) is 11.5 Å². The van der Waals surface area contributed by atoms with Gasteiger partial charge in [0, 0.05) is 56.6 Å². The smallest absolute Gasteiger partial charge is 0.169 e. The molecule has 0 radical (unpaired) electrons. The highest BCUT2D eigenvalue weighted by atomic mass is 32.1. The average Bonchev–Trinajstić information content (AvgIpc) is 2.96. The van der Waals surface area contributed by atoms with Gasteiger partial charge in [0.05, 0.1) is 31.1 Å². The lowest BCUT2D eigenvalue weighted by Crippen LogP contribution is -2.51. The van der Waals surface area contributed by atoms with Crippen molar-refractivity contribution in [2.75, 3.05) is 64.4 Å². The Labute approximate surface area is 223 Å². The van der Waals surface area contributed by atoms with Crippen molar-refractivity contribution in [2.45, 2.75) is 25.8 Å². The third-order valence-corrected chi connectivity index (χ3v) is 7.32. The van der Waals surface area contributed by atoms with Gasteiger partial charge in [-0.25, -0.2) is 9.97 Å². The number of likely N-dealkylation sites (tertiary alicyclic amines) is 1. The van der Waals surface area contributed by atoms with Crippen LogP contribution in [-0.2, 0) is 6.54 Å². The second-order valence-electron chi connectivity index (χ2n) is 9.30. The molecule has 0 bridgehead atoms. The summed E-state index contributed by atoms with van der Waals surface area (Å²) in [7, 11) is 1.68. The van der Waals surface area contributed by atoms with E-state index in [-0.39, 0.29) is 0 Å². The molecule has 2 aliphatic heterocycles. The average molecular weight is 523 g/mol. The van der Waals surface area contributed by atoms with Crippen LogP contribution in [0.5, 0.6) is 11.5 Å². The number of hydrogen-bond acceptors (Lipinski definition) is 9. The molecule has 5 rings (SSSR count). The molecule has 2 aromatic heterocycles. The van der Waals surface area contributed by atoms with Crippen molar-refractivity contribution in [3.63, 3.8) is 0 Å². The van der Waals surface area contributed by atoms with Crippen molar-refractivity contribution in [3.05, 3.63) is 42.7 Å². The van der Waals surface area contributed by atoms with E-state index in [4.69, 9.17) is 21.7 Å². The summed E-state index contributed by atoms with van der Waals surface area (Å²) < 4.78 is 11.8. The zero-order valence-corrected chi connectivity index (χ0v) is 22.1. The van der Waals surface area contributed by atoms with Crippen molar-refractivity contribution in [1.82, 2.24) is 35.1 Å². The van der Waals surface area contributed by atoms with Gasteiger partial charge in [0.15, 0.2) is 16.6 Å². The number of nitrogens with zero attached hydrogens (tertiary/aromatic N) is 7. The molecule has 1 aromatic carbocycles. The minimum Gasteiger partial charge on any atom is -0.493 e. The van der Waals surface area contributed by atoms with Crippen LogP contribution in [0.2, 0.25) is 0 Å². The summed E-state index contributed by atoms with van der Waals surface area (Å²) in [5.74, 6) is 2.33. The molecule has 1 N–H and O–H groups in total. The molecular formula is C26H34N8O2S. The van der Waals surface area contributed by atoms with Crippen LogP contribution in [0.4, 0.5) is 5.82 Å². The van der Waals surface area contributed by atoms with Crippen LogP contribution >= 0.6 is 12.2 Å². The number of methoxy groups -OCH3 is 1. The first-order valence-corrected chi connectivity index (χ1v) is 13.3. The second-order valence-corrected chi connectivity index (χ2v) is 9.68. The normalized spacial score (nSPS) is 16.6. The molecule has 11 heteroatoms.